The van der Waals surface area contributed by atoms with Crippen LogP contribution in [0.1, 0.15) is 12.2 Å². The molecule has 106 valence electrons. The van der Waals surface area contributed by atoms with Crippen molar-refractivity contribution in [3.8, 4) is 0 Å². The van der Waals surface area contributed by atoms with Crippen molar-refractivity contribution in [1.29, 1.82) is 0 Å². The first-order valence-electron chi connectivity index (χ1n) is 5.82. The van der Waals surface area contributed by atoms with E-state index >= 15 is 0 Å². The van der Waals surface area contributed by atoms with Crippen LogP contribution < -0.4 is 11.1 Å². The second-order valence-electron chi connectivity index (χ2n) is 3.99. The molecular weight excluding hydrogens is 316 g/mol. The summed E-state index contributed by atoms with van der Waals surface area (Å²) in [4.78, 5) is 16.0. The molecule has 0 radical (unpaired) electrons. The predicted octanol–water partition coefficient (Wildman–Crippen LogP) is 3.20. The van der Waals surface area contributed by atoms with Crippen LogP contribution in [0.15, 0.2) is 22.5 Å². The van der Waals surface area contributed by atoms with E-state index in [-0.39, 0.29) is 5.91 Å². The van der Waals surface area contributed by atoms with Crippen molar-refractivity contribution in [3.63, 3.8) is 0 Å². The number of nitrogens with zero attached hydrogens (tertiary/aromatic N) is 2. The number of nitrogens with two attached hydrogens (primary N) is 1. The van der Waals surface area contributed by atoms with E-state index in [2.05, 4.69) is 14.7 Å². The molecule has 0 fully saturated rings. The zero-order valence-electron chi connectivity index (χ0n) is 10.7. The normalized spacial score (nSPS) is 10.5. The van der Waals surface area contributed by atoms with Crippen molar-refractivity contribution >= 4 is 52.2 Å². The van der Waals surface area contributed by atoms with E-state index < -0.39 is 0 Å². The van der Waals surface area contributed by atoms with Gasteiger partial charge in [0.05, 0.1) is 10.7 Å². The largest absolute Gasteiger partial charge is 0.397 e. The number of hydrogen-bond acceptors (Lipinski definition) is 6. The summed E-state index contributed by atoms with van der Waals surface area (Å²) in [6, 6.07) is 5.02. The zero-order valence-corrected chi connectivity index (χ0v) is 13.1. The van der Waals surface area contributed by atoms with Crippen LogP contribution in [0.3, 0.4) is 0 Å². The summed E-state index contributed by atoms with van der Waals surface area (Å²) in [6.07, 6.45) is 0.395. The Morgan fingerprint density at radius 2 is 2.35 bits per heavy atom. The van der Waals surface area contributed by atoms with Crippen molar-refractivity contribution in [3.05, 3.63) is 29.0 Å². The molecule has 8 heteroatoms. The van der Waals surface area contributed by atoms with Gasteiger partial charge < -0.3 is 11.1 Å². The Labute approximate surface area is 130 Å². The fraction of sp³-hybridized carbons (Fsp3) is 0.250. The molecule has 2 rings (SSSR count). The maximum absolute atomic E-state index is 11.8. The van der Waals surface area contributed by atoms with Crippen LogP contribution in [0.4, 0.5) is 11.4 Å². The molecule has 0 saturated carbocycles. The van der Waals surface area contributed by atoms with Gasteiger partial charge in [0, 0.05) is 17.9 Å². The molecule has 1 amide bonds. The van der Waals surface area contributed by atoms with Gasteiger partial charge >= 0.3 is 0 Å². The molecule has 5 nitrogen and oxygen atoms in total. The maximum atomic E-state index is 11.8. The standard InChI is InChI=1S/C12H13ClN4OS2/c1-7-15-12(20-17-7)19-5-4-11(18)16-8-2-3-9(13)10(14)6-8/h2-3,6H,4-5,14H2,1H3,(H,16,18). The summed E-state index contributed by atoms with van der Waals surface area (Å²) in [7, 11) is 0. The summed E-state index contributed by atoms with van der Waals surface area (Å²) < 4.78 is 4.96. The lowest BCUT2D eigenvalue weighted by atomic mass is 10.2. The minimum Gasteiger partial charge on any atom is -0.397 e. The Morgan fingerprint density at radius 3 is 3.00 bits per heavy atom. The number of benzene rings is 1. The number of nitrogen functional groups attached to an aromatic ring is 1. The van der Waals surface area contributed by atoms with E-state index in [1.165, 1.54) is 23.3 Å². The molecule has 0 aliphatic carbocycles. The Bertz CT molecular complexity index is 617. The molecule has 1 aromatic carbocycles. The van der Waals surface area contributed by atoms with E-state index in [9.17, 15) is 4.79 Å². The average Bonchev–Trinajstić information content (AvgIpc) is 2.80. The van der Waals surface area contributed by atoms with Crippen molar-refractivity contribution < 1.29 is 4.79 Å². The highest BCUT2D eigenvalue weighted by Gasteiger charge is 2.06. The van der Waals surface area contributed by atoms with Gasteiger partial charge in [-0.1, -0.05) is 23.4 Å². The van der Waals surface area contributed by atoms with Gasteiger partial charge in [0.15, 0.2) is 4.34 Å². The Kier molecular flexibility index (Phi) is 5.22. The zero-order chi connectivity index (χ0) is 14.5. The van der Waals surface area contributed by atoms with Crippen LogP contribution in [-0.4, -0.2) is 21.0 Å². The summed E-state index contributed by atoms with van der Waals surface area (Å²) in [5.41, 5.74) is 6.77. The van der Waals surface area contributed by atoms with Crippen molar-refractivity contribution in [2.45, 2.75) is 17.7 Å². The van der Waals surface area contributed by atoms with Gasteiger partial charge in [-0.3, -0.25) is 4.79 Å². The molecule has 0 bridgehead atoms. The van der Waals surface area contributed by atoms with Gasteiger partial charge in [-0.25, -0.2) is 4.98 Å². The van der Waals surface area contributed by atoms with Crippen molar-refractivity contribution in [1.82, 2.24) is 9.36 Å². The summed E-state index contributed by atoms with van der Waals surface area (Å²) in [5, 5.41) is 3.25. The minimum absolute atomic E-state index is 0.0690. The molecule has 0 unspecified atom stereocenters. The highest BCUT2D eigenvalue weighted by atomic mass is 35.5. The molecule has 0 saturated heterocycles. The highest BCUT2D eigenvalue weighted by Crippen LogP contribution is 2.23. The fourth-order valence-electron chi connectivity index (χ4n) is 1.41. The number of hydrogen-bond donors (Lipinski definition) is 2. The molecular formula is C12H13ClN4OS2. The van der Waals surface area contributed by atoms with E-state index in [0.29, 0.717) is 28.6 Å². The molecule has 20 heavy (non-hydrogen) atoms. The molecule has 1 aromatic heterocycles. The number of carbonyl (C=O) groups excluding carboxylic acids is 1. The van der Waals surface area contributed by atoms with Crippen LogP contribution >= 0.6 is 34.9 Å². The quantitative estimate of drug-likeness (QED) is 0.650. The summed E-state index contributed by atoms with van der Waals surface area (Å²) in [5.74, 6) is 1.35. The summed E-state index contributed by atoms with van der Waals surface area (Å²) >= 11 is 8.69. The van der Waals surface area contributed by atoms with E-state index in [0.717, 1.165) is 10.2 Å². The second kappa shape index (κ2) is 6.92. The number of thioether (sulfide) groups is 1. The Balaban J connectivity index is 1.79. The summed E-state index contributed by atoms with van der Waals surface area (Å²) in [6.45, 7) is 1.85. The first-order chi connectivity index (χ1) is 9.54. The Morgan fingerprint density at radius 1 is 1.55 bits per heavy atom. The fourth-order valence-corrected chi connectivity index (χ4v) is 3.19. The van der Waals surface area contributed by atoms with Gasteiger partial charge in [-0.2, -0.15) is 4.37 Å². The SMILES string of the molecule is Cc1nsc(SCCC(=O)Nc2ccc(Cl)c(N)c2)n1. The number of aryl methyl sites for hydroxylation is 1. The molecule has 0 aliphatic rings. The van der Waals surface area contributed by atoms with Crippen LogP contribution in [0.25, 0.3) is 0 Å². The number of halogens is 1. The number of rotatable bonds is 5. The molecule has 0 atom stereocenters. The first-order valence-corrected chi connectivity index (χ1v) is 7.96. The molecule has 3 N–H and O–H groups in total. The van der Waals surface area contributed by atoms with Gasteiger partial charge in [-0.05, 0) is 36.7 Å². The predicted molar refractivity (Wildman–Crippen MR) is 84.5 cm³/mol. The van der Waals surface area contributed by atoms with E-state index in [1.807, 2.05) is 6.92 Å². The van der Waals surface area contributed by atoms with Crippen LogP contribution in [-0.2, 0) is 4.79 Å². The van der Waals surface area contributed by atoms with Crippen LogP contribution in [0.5, 0.6) is 0 Å². The third kappa shape index (κ3) is 4.36. The lowest BCUT2D eigenvalue weighted by Gasteiger charge is -2.06. The number of anilines is 2. The molecule has 1 heterocycles. The number of carbonyl (C=O) groups is 1. The molecule has 0 spiro atoms. The topological polar surface area (TPSA) is 80.9 Å². The van der Waals surface area contributed by atoms with Crippen LogP contribution in [0, 0.1) is 6.92 Å². The monoisotopic (exact) mass is 328 g/mol. The second-order valence-corrected chi connectivity index (χ2v) is 6.49. The molecule has 0 aliphatic heterocycles. The van der Waals surface area contributed by atoms with Crippen LogP contribution in [0.2, 0.25) is 5.02 Å². The Hall–Kier alpha value is -1.31. The van der Waals surface area contributed by atoms with Gasteiger partial charge in [0.1, 0.15) is 5.82 Å². The highest BCUT2D eigenvalue weighted by molar-refractivity contribution is 8.00. The van der Waals surface area contributed by atoms with Gasteiger partial charge in [-0.15, -0.1) is 0 Å². The van der Waals surface area contributed by atoms with Gasteiger partial charge in [0.25, 0.3) is 0 Å². The third-order valence-corrected chi connectivity index (χ3v) is 4.61. The minimum atomic E-state index is -0.0690. The lowest BCUT2D eigenvalue weighted by Crippen LogP contribution is -2.12. The van der Waals surface area contributed by atoms with E-state index in [4.69, 9.17) is 17.3 Å². The maximum Gasteiger partial charge on any atom is 0.225 e. The van der Waals surface area contributed by atoms with Crippen molar-refractivity contribution in [2.75, 3.05) is 16.8 Å². The number of nitrogens with one attached hydrogen (secondary N) is 1. The van der Waals surface area contributed by atoms with Gasteiger partial charge in [0.2, 0.25) is 5.91 Å². The first kappa shape index (κ1) is 15.1. The van der Waals surface area contributed by atoms with Crippen molar-refractivity contribution in [2.24, 2.45) is 0 Å². The third-order valence-electron chi connectivity index (χ3n) is 2.34. The van der Waals surface area contributed by atoms with E-state index in [1.54, 1.807) is 18.2 Å². The number of amides is 1. The smallest absolute Gasteiger partial charge is 0.225 e. The number of aromatic nitrogens is 2. The molecule has 2 aromatic rings. The average molecular weight is 329 g/mol. The lowest BCUT2D eigenvalue weighted by molar-refractivity contribution is -0.115.